The van der Waals surface area contributed by atoms with Gasteiger partial charge < -0.3 is 24.7 Å². The minimum Gasteiger partial charge on any atom is -0.391 e. The van der Waals surface area contributed by atoms with E-state index < -0.39 is 17.7 Å². The average Bonchev–Trinajstić information content (AvgIpc) is 3.48. The molecule has 32 heavy (non-hydrogen) atoms. The number of hydrogen-bond acceptors (Lipinski definition) is 7. The molecule has 0 radical (unpaired) electrons. The van der Waals surface area contributed by atoms with Crippen molar-refractivity contribution in [2.45, 2.75) is 70.2 Å². The molecule has 1 fully saturated rings. The first-order valence-electron chi connectivity index (χ1n) is 11.4. The number of likely N-dealkylation sites (tertiary alicyclic amines) is 1. The Morgan fingerprint density at radius 2 is 2.16 bits per heavy atom. The molecule has 1 amide bonds. The molecule has 1 aromatic carbocycles. The minimum atomic E-state index is -0.702. The van der Waals surface area contributed by atoms with Gasteiger partial charge in [0, 0.05) is 31.0 Å². The summed E-state index contributed by atoms with van der Waals surface area (Å²) in [6.45, 7) is 6.08. The van der Waals surface area contributed by atoms with Crippen molar-refractivity contribution in [2.24, 2.45) is 11.1 Å². The highest BCUT2D eigenvalue weighted by molar-refractivity contribution is 5.94. The van der Waals surface area contributed by atoms with E-state index in [0.717, 1.165) is 30.5 Å². The van der Waals surface area contributed by atoms with Gasteiger partial charge in [0.15, 0.2) is 5.84 Å². The predicted octanol–water partition coefficient (Wildman–Crippen LogP) is 2.81. The molecule has 8 nitrogen and oxygen atoms in total. The van der Waals surface area contributed by atoms with Crippen LogP contribution in [0.4, 0.5) is 0 Å². The molecule has 8 heteroatoms. The average molecular weight is 439 g/mol. The maximum atomic E-state index is 13.7. The first-order chi connectivity index (χ1) is 15.4. The Hall–Kier alpha value is -2.87. The normalized spacial score (nSPS) is 27.8. The number of hydrogen-bond donors (Lipinski definition) is 2. The molecule has 5 rings (SSSR count). The van der Waals surface area contributed by atoms with Crippen LogP contribution in [0.2, 0.25) is 0 Å². The van der Waals surface area contributed by atoms with E-state index in [9.17, 15) is 9.90 Å². The van der Waals surface area contributed by atoms with E-state index in [4.69, 9.17) is 9.36 Å². The molecule has 0 saturated carbocycles. The van der Waals surface area contributed by atoms with Crippen LogP contribution in [0, 0.1) is 12.8 Å². The van der Waals surface area contributed by atoms with Gasteiger partial charge in [-0.1, -0.05) is 48.4 Å². The monoisotopic (exact) mass is 438 g/mol. The molecule has 170 valence electrons. The Morgan fingerprint density at radius 1 is 1.34 bits per heavy atom. The number of nitrogens with zero attached hydrogens (tertiary/aromatic N) is 3. The molecule has 1 unspecified atom stereocenters. The van der Waals surface area contributed by atoms with Crippen LogP contribution in [-0.2, 0) is 21.8 Å². The smallest absolute Gasteiger partial charge is 0.234 e. The standard InChI is InChI=1S/C24H30N4O4/c1-14(2)21(20-11-15(3)26-31-20)23(30)28-13-17(29)12-19(28)22-25-24(32-27-22)10-6-8-16-7-4-5-9-18(16)24/h4-5,7,9,11,14,17,19,21,29H,6,8,10,12-13H2,1-3H3,(H,25,27)/t17-,19+,21?,24-/m1/s1. The molecule has 2 N–H and O–H groups in total. The van der Waals surface area contributed by atoms with Crippen molar-refractivity contribution in [1.29, 1.82) is 0 Å². The van der Waals surface area contributed by atoms with Crippen molar-refractivity contribution in [3.8, 4) is 0 Å². The van der Waals surface area contributed by atoms with Gasteiger partial charge in [-0.15, -0.1) is 0 Å². The zero-order chi connectivity index (χ0) is 22.5. The lowest BCUT2D eigenvalue weighted by molar-refractivity contribution is -0.134. The summed E-state index contributed by atoms with van der Waals surface area (Å²) >= 11 is 0. The molecule has 1 saturated heterocycles. The quantitative estimate of drug-likeness (QED) is 0.761. The Labute approximate surface area is 187 Å². The fourth-order valence-electron chi connectivity index (χ4n) is 5.30. The minimum absolute atomic E-state index is 0.0135. The first-order valence-corrected chi connectivity index (χ1v) is 11.4. The highest BCUT2D eigenvalue weighted by atomic mass is 16.7. The summed E-state index contributed by atoms with van der Waals surface area (Å²) in [5, 5.41) is 22.4. The van der Waals surface area contributed by atoms with Gasteiger partial charge in [0.25, 0.3) is 0 Å². The van der Waals surface area contributed by atoms with E-state index in [1.165, 1.54) is 5.56 Å². The summed E-state index contributed by atoms with van der Waals surface area (Å²) in [7, 11) is 0. The third-order valence-electron chi connectivity index (χ3n) is 6.82. The molecule has 1 spiro atoms. The third-order valence-corrected chi connectivity index (χ3v) is 6.82. The zero-order valence-corrected chi connectivity index (χ0v) is 18.7. The predicted molar refractivity (Wildman–Crippen MR) is 118 cm³/mol. The van der Waals surface area contributed by atoms with Crippen LogP contribution in [0.5, 0.6) is 0 Å². The van der Waals surface area contributed by atoms with E-state index in [-0.39, 0.29) is 24.4 Å². The van der Waals surface area contributed by atoms with Gasteiger partial charge in [-0.25, -0.2) is 0 Å². The van der Waals surface area contributed by atoms with Crippen molar-refractivity contribution in [3.05, 3.63) is 52.9 Å². The number of nitrogens with one attached hydrogen (secondary N) is 1. The number of amidine groups is 1. The Balaban J connectivity index is 1.41. The number of carbonyl (C=O) groups is 1. The summed E-state index contributed by atoms with van der Waals surface area (Å²) in [6.07, 6.45) is 2.60. The van der Waals surface area contributed by atoms with Crippen LogP contribution in [0.15, 0.2) is 40.0 Å². The van der Waals surface area contributed by atoms with Crippen LogP contribution < -0.4 is 5.32 Å². The third kappa shape index (κ3) is 3.46. The number of fused-ring (bicyclic) bond motifs is 2. The fraction of sp³-hybridized carbons (Fsp3) is 0.542. The molecule has 2 aromatic rings. The lowest BCUT2D eigenvalue weighted by Crippen LogP contribution is -2.52. The van der Waals surface area contributed by atoms with Gasteiger partial charge in [-0.05, 0) is 31.2 Å². The van der Waals surface area contributed by atoms with E-state index in [0.29, 0.717) is 18.0 Å². The van der Waals surface area contributed by atoms with Crippen molar-refractivity contribution in [1.82, 2.24) is 15.4 Å². The molecule has 1 aliphatic carbocycles. The van der Waals surface area contributed by atoms with Crippen molar-refractivity contribution < 1.29 is 19.3 Å². The van der Waals surface area contributed by atoms with Crippen molar-refractivity contribution in [2.75, 3.05) is 6.54 Å². The highest BCUT2D eigenvalue weighted by Gasteiger charge is 2.49. The number of aliphatic hydroxyl groups excluding tert-OH is 1. The summed E-state index contributed by atoms with van der Waals surface area (Å²) in [4.78, 5) is 21.4. The molecule has 3 heterocycles. The topological polar surface area (TPSA) is 100 Å². The Kier molecular flexibility index (Phi) is 5.20. The first kappa shape index (κ1) is 21.0. The summed E-state index contributed by atoms with van der Waals surface area (Å²) in [6, 6.07) is 9.69. The van der Waals surface area contributed by atoms with Gasteiger partial charge in [-0.2, -0.15) is 0 Å². The lowest BCUT2D eigenvalue weighted by atomic mass is 9.84. The molecular formula is C24H30N4O4. The lowest BCUT2D eigenvalue weighted by Gasteiger charge is -2.35. The van der Waals surface area contributed by atoms with Crippen LogP contribution in [0.3, 0.4) is 0 Å². The van der Waals surface area contributed by atoms with Gasteiger partial charge >= 0.3 is 0 Å². The zero-order valence-electron chi connectivity index (χ0n) is 18.7. The molecule has 4 atom stereocenters. The second-order valence-electron chi connectivity index (χ2n) is 9.52. The van der Waals surface area contributed by atoms with E-state index in [1.807, 2.05) is 39.0 Å². The molecule has 1 aromatic heterocycles. The highest BCUT2D eigenvalue weighted by Crippen LogP contribution is 2.40. The van der Waals surface area contributed by atoms with Crippen molar-refractivity contribution >= 4 is 11.7 Å². The Morgan fingerprint density at radius 3 is 2.91 bits per heavy atom. The van der Waals surface area contributed by atoms with E-state index in [1.54, 1.807) is 4.90 Å². The van der Waals surface area contributed by atoms with Crippen LogP contribution >= 0.6 is 0 Å². The second-order valence-corrected chi connectivity index (χ2v) is 9.52. The van der Waals surface area contributed by atoms with Gasteiger partial charge in [0.1, 0.15) is 11.7 Å². The number of oxime groups is 1. The summed E-state index contributed by atoms with van der Waals surface area (Å²) in [5.74, 6) is 0.601. The number of β-amino-alcohol motifs (C(OH)–C–C–N with tert-alkyl or cyclic N) is 1. The number of amides is 1. The van der Waals surface area contributed by atoms with E-state index in [2.05, 4.69) is 27.8 Å². The maximum absolute atomic E-state index is 13.7. The SMILES string of the molecule is Cc1cc(C(C(=O)N2C[C@H](O)C[C@H]2C2=NO[C@@]3(CCCc4ccccc43)N2)C(C)C)on1. The van der Waals surface area contributed by atoms with Crippen LogP contribution in [-0.4, -0.2) is 45.6 Å². The van der Waals surface area contributed by atoms with Crippen LogP contribution in [0.1, 0.15) is 61.6 Å². The van der Waals surface area contributed by atoms with Gasteiger partial charge in [0.05, 0.1) is 17.8 Å². The van der Waals surface area contributed by atoms with E-state index >= 15 is 0 Å². The van der Waals surface area contributed by atoms with Gasteiger partial charge in [-0.3, -0.25) is 4.79 Å². The molecule has 3 aliphatic rings. The maximum Gasteiger partial charge on any atom is 0.234 e. The molecule has 2 aliphatic heterocycles. The number of aliphatic hydroxyl groups is 1. The number of aryl methyl sites for hydroxylation is 2. The summed E-state index contributed by atoms with van der Waals surface area (Å²) in [5.41, 5.74) is 2.39. The summed E-state index contributed by atoms with van der Waals surface area (Å²) < 4.78 is 5.45. The Bertz CT molecular complexity index is 1050. The molecule has 0 bridgehead atoms. The largest absolute Gasteiger partial charge is 0.391 e. The number of carbonyl (C=O) groups excluding carboxylic acids is 1. The second kappa shape index (κ2) is 7.92. The number of aromatic nitrogens is 1. The number of benzene rings is 1. The number of rotatable bonds is 4. The van der Waals surface area contributed by atoms with Gasteiger partial charge in [0.2, 0.25) is 11.6 Å². The fourth-order valence-corrected chi connectivity index (χ4v) is 5.30. The molecular weight excluding hydrogens is 408 g/mol. The van der Waals surface area contributed by atoms with Crippen LogP contribution in [0.25, 0.3) is 0 Å². The van der Waals surface area contributed by atoms with Crippen molar-refractivity contribution in [3.63, 3.8) is 0 Å².